The Hall–Kier alpha value is -3.15. The highest BCUT2D eigenvalue weighted by Crippen LogP contribution is 2.34. The summed E-state index contributed by atoms with van der Waals surface area (Å²) in [6, 6.07) is 11.9. The minimum Gasteiger partial charge on any atom is -0.489 e. The number of ether oxygens (including phenoxy) is 2. The number of hydrogen-bond acceptors (Lipinski definition) is 6. The normalized spacial score (nSPS) is 19.1. The molecule has 2 bridgehead atoms. The van der Waals surface area contributed by atoms with E-state index in [1.165, 1.54) is 11.8 Å². The van der Waals surface area contributed by atoms with Crippen LogP contribution >= 0.6 is 23.4 Å². The number of nitriles is 1. The Morgan fingerprint density at radius 3 is 2.53 bits per heavy atom. The molecule has 7 nitrogen and oxygen atoms in total. The molecule has 2 N–H and O–H groups in total. The predicted molar refractivity (Wildman–Crippen MR) is 130 cm³/mol. The SMILES string of the molecule is CSc1ccc2c(c1)C(=O)N[C@H](C(=O)NC1(C#N)CC1)Cc1ccc(c(Cl)c1)OCC=CCO2. The summed E-state index contributed by atoms with van der Waals surface area (Å²) in [7, 11) is 0. The summed E-state index contributed by atoms with van der Waals surface area (Å²) in [5, 5.41) is 15.5. The van der Waals surface area contributed by atoms with E-state index in [1.54, 1.807) is 30.3 Å². The van der Waals surface area contributed by atoms with E-state index in [1.807, 2.05) is 24.5 Å². The number of benzene rings is 2. The van der Waals surface area contributed by atoms with E-state index < -0.39 is 23.4 Å². The van der Waals surface area contributed by atoms with Gasteiger partial charge in [0.25, 0.3) is 5.91 Å². The number of nitrogens with zero attached hydrogens (tertiary/aromatic N) is 1. The molecule has 0 spiro atoms. The zero-order valence-corrected chi connectivity index (χ0v) is 20.2. The molecule has 2 amide bonds. The fourth-order valence-corrected chi connectivity index (χ4v) is 4.23. The van der Waals surface area contributed by atoms with Gasteiger partial charge in [-0.25, -0.2) is 0 Å². The van der Waals surface area contributed by atoms with Gasteiger partial charge in [-0.15, -0.1) is 11.8 Å². The van der Waals surface area contributed by atoms with Gasteiger partial charge in [0.05, 0.1) is 16.7 Å². The lowest BCUT2D eigenvalue weighted by Gasteiger charge is -2.22. The Labute approximate surface area is 207 Å². The van der Waals surface area contributed by atoms with E-state index in [0.29, 0.717) is 41.5 Å². The minimum atomic E-state index is -0.917. The summed E-state index contributed by atoms with van der Waals surface area (Å²) in [4.78, 5) is 27.4. The molecule has 1 atom stereocenters. The molecule has 0 unspecified atom stereocenters. The fourth-order valence-electron chi connectivity index (χ4n) is 3.53. The summed E-state index contributed by atoms with van der Waals surface area (Å²) in [5.41, 5.74) is 0.221. The molecule has 2 heterocycles. The van der Waals surface area contributed by atoms with Crippen molar-refractivity contribution in [1.82, 2.24) is 10.6 Å². The van der Waals surface area contributed by atoms with Gasteiger partial charge >= 0.3 is 0 Å². The number of hydrogen-bond donors (Lipinski definition) is 2. The molecule has 2 aromatic carbocycles. The smallest absolute Gasteiger partial charge is 0.255 e. The van der Waals surface area contributed by atoms with Crippen LogP contribution < -0.4 is 20.1 Å². The monoisotopic (exact) mass is 497 g/mol. The molecule has 176 valence electrons. The molecule has 0 radical (unpaired) electrons. The van der Waals surface area contributed by atoms with Crippen LogP contribution in [0, 0.1) is 11.3 Å². The van der Waals surface area contributed by atoms with Crippen molar-refractivity contribution in [2.45, 2.75) is 35.7 Å². The second-order valence-corrected chi connectivity index (χ2v) is 9.42. The first kappa shape index (κ1) is 24.0. The van der Waals surface area contributed by atoms with Gasteiger partial charge in [-0.1, -0.05) is 17.7 Å². The van der Waals surface area contributed by atoms with Crippen molar-refractivity contribution in [3.63, 3.8) is 0 Å². The van der Waals surface area contributed by atoms with Gasteiger partial charge in [0.15, 0.2) is 0 Å². The fraction of sp³-hybridized carbons (Fsp3) is 0.320. The average molecular weight is 498 g/mol. The summed E-state index contributed by atoms with van der Waals surface area (Å²) < 4.78 is 11.5. The predicted octanol–water partition coefficient (Wildman–Crippen LogP) is 3.90. The Bertz CT molecular complexity index is 1170. The van der Waals surface area contributed by atoms with E-state index in [9.17, 15) is 14.9 Å². The molecule has 2 aliphatic heterocycles. The number of amides is 2. The van der Waals surface area contributed by atoms with E-state index in [0.717, 1.165) is 10.5 Å². The number of carbonyl (C=O) groups excluding carboxylic acids is 2. The lowest BCUT2D eigenvalue weighted by molar-refractivity contribution is -0.123. The summed E-state index contributed by atoms with van der Waals surface area (Å²) in [6.07, 6.45) is 6.90. The van der Waals surface area contributed by atoms with Crippen LogP contribution in [0.2, 0.25) is 5.02 Å². The highest BCUT2D eigenvalue weighted by Gasteiger charge is 2.45. The molecule has 2 aromatic rings. The topological polar surface area (TPSA) is 100 Å². The number of halogens is 1. The van der Waals surface area contributed by atoms with Gasteiger partial charge in [-0.3, -0.25) is 9.59 Å². The number of nitrogens with one attached hydrogen (secondary N) is 2. The molecule has 3 aliphatic rings. The summed E-state index contributed by atoms with van der Waals surface area (Å²) in [5.74, 6) is 0.0741. The van der Waals surface area contributed by atoms with Gasteiger partial charge in [0.1, 0.15) is 36.3 Å². The van der Waals surface area contributed by atoms with Crippen molar-refractivity contribution >= 4 is 35.2 Å². The van der Waals surface area contributed by atoms with E-state index >= 15 is 0 Å². The van der Waals surface area contributed by atoms with Crippen LogP contribution in [0.3, 0.4) is 0 Å². The largest absolute Gasteiger partial charge is 0.489 e. The third kappa shape index (κ3) is 5.66. The van der Waals surface area contributed by atoms with Crippen molar-refractivity contribution in [2.24, 2.45) is 0 Å². The molecule has 1 fully saturated rings. The Balaban J connectivity index is 1.68. The third-order valence-corrected chi connectivity index (χ3v) is 6.67. The maximum atomic E-state index is 13.3. The zero-order chi connectivity index (χ0) is 24.1. The highest BCUT2D eigenvalue weighted by atomic mass is 35.5. The van der Waals surface area contributed by atoms with Crippen molar-refractivity contribution in [1.29, 1.82) is 5.26 Å². The number of rotatable bonds is 3. The molecular weight excluding hydrogens is 474 g/mol. The van der Waals surface area contributed by atoms with Crippen molar-refractivity contribution in [2.75, 3.05) is 19.5 Å². The second-order valence-electron chi connectivity index (χ2n) is 8.13. The number of carbonyl (C=O) groups is 2. The molecule has 34 heavy (non-hydrogen) atoms. The summed E-state index contributed by atoms with van der Waals surface area (Å²) in [6.45, 7) is 0.548. The van der Waals surface area contributed by atoms with Crippen molar-refractivity contribution in [3.05, 3.63) is 64.7 Å². The van der Waals surface area contributed by atoms with Crippen LogP contribution in [0.4, 0.5) is 0 Å². The van der Waals surface area contributed by atoms with Crippen molar-refractivity contribution in [3.8, 4) is 17.6 Å². The molecular formula is C25H24ClN3O4S. The first-order valence-electron chi connectivity index (χ1n) is 10.8. The Kier molecular flexibility index (Phi) is 7.35. The number of fused-ring (bicyclic) bond motifs is 9. The standard InChI is InChI=1S/C25H24ClN3O4S/c1-34-17-5-7-21-18(14-17)23(30)28-20(24(31)29-25(15-27)8-9-25)13-16-4-6-22(19(26)12-16)33-11-3-2-10-32-21/h2-7,12,14,20H,8-11,13H2,1H3,(H,28,30)(H,29,31)/t20-/m0/s1. The molecule has 9 heteroatoms. The lowest BCUT2D eigenvalue weighted by Crippen LogP contribution is -2.51. The van der Waals surface area contributed by atoms with Gasteiger partial charge in [-0.05, 0) is 67.1 Å². The Morgan fingerprint density at radius 2 is 1.88 bits per heavy atom. The quantitative estimate of drug-likeness (QED) is 0.492. The van der Waals surface area contributed by atoms with Gasteiger partial charge < -0.3 is 20.1 Å². The molecule has 0 saturated heterocycles. The minimum absolute atomic E-state index is 0.192. The lowest BCUT2D eigenvalue weighted by atomic mass is 10.0. The van der Waals surface area contributed by atoms with Gasteiger partial charge in [0, 0.05) is 11.3 Å². The maximum absolute atomic E-state index is 13.3. The zero-order valence-electron chi connectivity index (χ0n) is 18.6. The molecule has 1 saturated carbocycles. The first-order chi connectivity index (χ1) is 16.4. The number of thioether (sulfide) groups is 1. The highest BCUT2D eigenvalue weighted by molar-refractivity contribution is 7.98. The molecule has 1 aliphatic carbocycles. The molecule has 0 aromatic heterocycles. The van der Waals surface area contributed by atoms with Crippen LogP contribution in [0.15, 0.2) is 53.4 Å². The van der Waals surface area contributed by atoms with Crippen molar-refractivity contribution < 1.29 is 19.1 Å². The first-order valence-corrected chi connectivity index (χ1v) is 12.4. The Morgan fingerprint density at radius 1 is 1.18 bits per heavy atom. The van der Waals surface area contributed by atoms with E-state index in [2.05, 4.69) is 16.7 Å². The van der Waals surface area contributed by atoms with Crippen LogP contribution in [0.5, 0.6) is 11.5 Å². The van der Waals surface area contributed by atoms with Crippen LogP contribution in [-0.2, 0) is 11.2 Å². The van der Waals surface area contributed by atoms with E-state index in [-0.39, 0.29) is 13.0 Å². The van der Waals surface area contributed by atoms with Crippen LogP contribution in [0.25, 0.3) is 0 Å². The second kappa shape index (κ2) is 10.4. The third-order valence-electron chi connectivity index (χ3n) is 5.65. The van der Waals surface area contributed by atoms with Crippen LogP contribution in [-0.4, -0.2) is 42.9 Å². The summed E-state index contributed by atoms with van der Waals surface area (Å²) >= 11 is 7.88. The van der Waals surface area contributed by atoms with Gasteiger partial charge in [-0.2, -0.15) is 5.26 Å². The molecule has 5 rings (SSSR count). The average Bonchev–Trinajstić information content (AvgIpc) is 3.61. The maximum Gasteiger partial charge on any atom is 0.255 e. The van der Waals surface area contributed by atoms with E-state index in [4.69, 9.17) is 21.1 Å². The van der Waals surface area contributed by atoms with Gasteiger partial charge in [0.2, 0.25) is 5.91 Å². The van der Waals surface area contributed by atoms with Crippen LogP contribution in [0.1, 0.15) is 28.8 Å².